The molecule has 0 radical (unpaired) electrons. The first-order valence-corrected chi connectivity index (χ1v) is 6.82. The number of quaternary nitrogens is 1. The standard InChI is InChI=1S/C11H18N2O3S/c1-9(12)11(14)8-13(2)17(15,16)10-6-4-3-5-7-10/h3-7,9,11,14H,8,12H2,1-2H3/p+1. The third-order valence-corrected chi connectivity index (χ3v) is 4.39. The van der Waals surface area contributed by atoms with Gasteiger partial charge in [0.05, 0.1) is 4.90 Å². The van der Waals surface area contributed by atoms with Gasteiger partial charge in [0.1, 0.15) is 12.1 Å². The zero-order valence-corrected chi connectivity index (χ0v) is 10.9. The van der Waals surface area contributed by atoms with E-state index in [1.807, 2.05) is 0 Å². The van der Waals surface area contributed by atoms with E-state index in [0.717, 1.165) is 4.31 Å². The Kier molecular flexibility index (Phi) is 4.64. The maximum Gasteiger partial charge on any atom is 0.242 e. The van der Waals surface area contributed by atoms with E-state index in [1.165, 1.54) is 19.2 Å². The van der Waals surface area contributed by atoms with Crippen LogP contribution < -0.4 is 5.73 Å². The molecule has 5 nitrogen and oxygen atoms in total. The van der Waals surface area contributed by atoms with Crippen LogP contribution in [0.15, 0.2) is 35.2 Å². The summed E-state index contributed by atoms with van der Waals surface area (Å²) in [6.45, 7) is 1.79. The summed E-state index contributed by atoms with van der Waals surface area (Å²) >= 11 is 0. The van der Waals surface area contributed by atoms with Crippen molar-refractivity contribution in [3.63, 3.8) is 0 Å². The van der Waals surface area contributed by atoms with Crippen LogP contribution in [-0.4, -0.2) is 43.6 Å². The van der Waals surface area contributed by atoms with E-state index in [4.69, 9.17) is 0 Å². The summed E-state index contributed by atoms with van der Waals surface area (Å²) < 4.78 is 25.3. The van der Waals surface area contributed by atoms with E-state index >= 15 is 0 Å². The number of sulfonamides is 1. The van der Waals surface area contributed by atoms with Crippen LogP contribution in [0.5, 0.6) is 0 Å². The fraction of sp³-hybridized carbons (Fsp3) is 0.455. The van der Waals surface area contributed by atoms with Gasteiger partial charge in [0.2, 0.25) is 10.0 Å². The van der Waals surface area contributed by atoms with Crippen LogP contribution >= 0.6 is 0 Å². The van der Waals surface area contributed by atoms with Crippen molar-refractivity contribution in [3.8, 4) is 0 Å². The van der Waals surface area contributed by atoms with Gasteiger partial charge in [0, 0.05) is 13.6 Å². The lowest BCUT2D eigenvalue weighted by atomic mass is 10.2. The first kappa shape index (κ1) is 14.1. The highest BCUT2D eigenvalue weighted by Gasteiger charge is 2.24. The first-order chi connectivity index (χ1) is 7.85. The Hall–Kier alpha value is -0.950. The van der Waals surface area contributed by atoms with Crippen molar-refractivity contribution in [2.24, 2.45) is 0 Å². The number of aliphatic hydroxyl groups excluding tert-OH is 1. The zero-order valence-electron chi connectivity index (χ0n) is 10.1. The average molecular weight is 259 g/mol. The molecule has 0 bridgehead atoms. The second-order valence-electron chi connectivity index (χ2n) is 4.14. The van der Waals surface area contributed by atoms with Crippen LogP contribution in [0.4, 0.5) is 0 Å². The summed E-state index contributed by atoms with van der Waals surface area (Å²) in [5.74, 6) is 0. The quantitative estimate of drug-likeness (QED) is 0.733. The van der Waals surface area contributed by atoms with Gasteiger partial charge >= 0.3 is 0 Å². The van der Waals surface area contributed by atoms with Crippen LogP contribution in [-0.2, 0) is 10.0 Å². The van der Waals surface area contributed by atoms with Crippen LogP contribution in [0, 0.1) is 0 Å². The van der Waals surface area contributed by atoms with Crippen LogP contribution in [0.2, 0.25) is 0 Å². The number of likely N-dealkylation sites (N-methyl/N-ethyl adjacent to an activating group) is 1. The summed E-state index contributed by atoms with van der Waals surface area (Å²) in [5.41, 5.74) is 3.67. The molecule has 0 amide bonds. The summed E-state index contributed by atoms with van der Waals surface area (Å²) in [6.07, 6.45) is -0.765. The molecule has 0 aliphatic carbocycles. The third-order valence-electron chi connectivity index (χ3n) is 2.55. The lowest BCUT2D eigenvalue weighted by Gasteiger charge is -2.21. The van der Waals surface area contributed by atoms with Gasteiger partial charge in [-0.25, -0.2) is 8.42 Å². The van der Waals surface area contributed by atoms with E-state index in [0.29, 0.717) is 0 Å². The first-order valence-electron chi connectivity index (χ1n) is 5.38. The van der Waals surface area contributed by atoms with Gasteiger partial charge in [0.25, 0.3) is 0 Å². The summed E-state index contributed by atoms with van der Waals surface area (Å²) in [4.78, 5) is 0.228. The molecule has 0 saturated heterocycles. The normalized spacial score (nSPS) is 15.8. The fourth-order valence-electron chi connectivity index (χ4n) is 1.31. The van der Waals surface area contributed by atoms with E-state index in [9.17, 15) is 13.5 Å². The van der Waals surface area contributed by atoms with Gasteiger partial charge < -0.3 is 10.8 Å². The Morgan fingerprint density at radius 2 is 1.88 bits per heavy atom. The monoisotopic (exact) mass is 259 g/mol. The fourth-order valence-corrected chi connectivity index (χ4v) is 2.52. The van der Waals surface area contributed by atoms with Gasteiger partial charge in [-0.05, 0) is 19.1 Å². The lowest BCUT2D eigenvalue weighted by Crippen LogP contribution is -2.66. The molecule has 1 aromatic carbocycles. The van der Waals surface area contributed by atoms with E-state index in [1.54, 1.807) is 25.1 Å². The van der Waals surface area contributed by atoms with Crippen molar-refractivity contribution in [1.29, 1.82) is 0 Å². The molecular formula is C11H19N2O3S+. The number of benzene rings is 1. The second-order valence-corrected chi connectivity index (χ2v) is 6.19. The topological polar surface area (TPSA) is 85.2 Å². The van der Waals surface area contributed by atoms with Crippen molar-refractivity contribution in [2.75, 3.05) is 13.6 Å². The molecule has 6 heteroatoms. The van der Waals surface area contributed by atoms with Crippen molar-refractivity contribution in [2.45, 2.75) is 24.0 Å². The highest BCUT2D eigenvalue weighted by Crippen LogP contribution is 2.13. The van der Waals surface area contributed by atoms with Gasteiger partial charge in [0.15, 0.2) is 0 Å². The number of hydrogen-bond donors (Lipinski definition) is 2. The van der Waals surface area contributed by atoms with Crippen molar-refractivity contribution in [1.82, 2.24) is 4.31 Å². The Labute approximate surface area is 102 Å². The Morgan fingerprint density at radius 3 is 2.35 bits per heavy atom. The number of aliphatic hydroxyl groups is 1. The molecule has 2 unspecified atom stereocenters. The van der Waals surface area contributed by atoms with Crippen LogP contribution in [0.25, 0.3) is 0 Å². The average Bonchev–Trinajstić information content (AvgIpc) is 2.29. The molecule has 0 aliphatic heterocycles. The highest BCUT2D eigenvalue weighted by molar-refractivity contribution is 7.89. The predicted octanol–water partition coefficient (Wildman–Crippen LogP) is -0.702. The molecule has 1 aromatic rings. The number of hydrogen-bond acceptors (Lipinski definition) is 3. The molecule has 1 rings (SSSR count). The number of nitrogens with zero attached hydrogens (tertiary/aromatic N) is 1. The maximum atomic E-state index is 12.1. The minimum absolute atomic E-state index is 0.0435. The predicted molar refractivity (Wildman–Crippen MR) is 64.6 cm³/mol. The highest BCUT2D eigenvalue weighted by atomic mass is 32.2. The smallest absolute Gasteiger partial charge is 0.242 e. The molecule has 2 atom stereocenters. The number of rotatable bonds is 5. The molecule has 0 aliphatic rings. The molecule has 0 spiro atoms. The molecule has 0 saturated carbocycles. The van der Waals surface area contributed by atoms with Crippen LogP contribution in [0.1, 0.15) is 6.92 Å². The molecule has 0 fully saturated rings. The van der Waals surface area contributed by atoms with Gasteiger partial charge in [-0.2, -0.15) is 4.31 Å². The Balaban J connectivity index is 2.85. The second kappa shape index (κ2) is 5.59. The largest absolute Gasteiger partial charge is 0.386 e. The van der Waals surface area contributed by atoms with Crippen LogP contribution in [0.3, 0.4) is 0 Å². The minimum atomic E-state index is -3.52. The molecule has 96 valence electrons. The molecule has 17 heavy (non-hydrogen) atoms. The maximum absolute atomic E-state index is 12.1. The SMILES string of the molecule is CC([NH3+])C(O)CN(C)S(=O)(=O)c1ccccc1. The third kappa shape index (κ3) is 3.50. The minimum Gasteiger partial charge on any atom is -0.386 e. The van der Waals surface area contributed by atoms with E-state index < -0.39 is 16.1 Å². The van der Waals surface area contributed by atoms with Crippen molar-refractivity contribution < 1.29 is 19.3 Å². The summed E-state index contributed by atoms with van der Waals surface area (Å²) in [7, 11) is -2.07. The molecule has 4 N–H and O–H groups in total. The van der Waals surface area contributed by atoms with Gasteiger partial charge in [-0.1, -0.05) is 18.2 Å². The summed E-state index contributed by atoms with van der Waals surface area (Å²) in [6, 6.07) is 7.94. The molecule has 0 aromatic heterocycles. The summed E-state index contributed by atoms with van der Waals surface area (Å²) in [5, 5.41) is 9.64. The Morgan fingerprint density at radius 1 is 1.35 bits per heavy atom. The molecular weight excluding hydrogens is 240 g/mol. The van der Waals surface area contributed by atoms with Crippen molar-refractivity contribution >= 4 is 10.0 Å². The van der Waals surface area contributed by atoms with Gasteiger partial charge in [-0.3, -0.25) is 0 Å². The van der Waals surface area contributed by atoms with Crippen molar-refractivity contribution in [3.05, 3.63) is 30.3 Å². The van der Waals surface area contributed by atoms with Gasteiger partial charge in [-0.15, -0.1) is 0 Å². The Bertz CT molecular complexity index is 445. The van der Waals surface area contributed by atoms with E-state index in [-0.39, 0.29) is 17.5 Å². The zero-order chi connectivity index (χ0) is 13.1. The lowest BCUT2D eigenvalue weighted by molar-refractivity contribution is -0.431. The van der Waals surface area contributed by atoms with E-state index in [2.05, 4.69) is 5.73 Å². The molecule has 0 heterocycles.